The highest BCUT2D eigenvalue weighted by Crippen LogP contribution is 2.09. The number of hydrogen-bond donors (Lipinski definition) is 1. The summed E-state index contributed by atoms with van der Waals surface area (Å²) < 4.78 is 5.33. The van der Waals surface area contributed by atoms with Crippen LogP contribution in [0.5, 0.6) is 0 Å². The maximum absolute atomic E-state index is 12.2. The molecule has 1 aromatic heterocycles. The number of rotatable bonds is 5. The van der Waals surface area contributed by atoms with Gasteiger partial charge in [-0.2, -0.15) is 0 Å². The molecule has 1 aromatic rings. The van der Waals surface area contributed by atoms with E-state index in [1.165, 1.54) is 0 Å². The van der Waals surface area contributed by atoms with Crippen molar-refractivity contribution in [3.05, 3.63) is 18.0 Å². The summed E-state index contributed by atoms with van der Waals surface area (Å²) in [7, 11) is 2.08. The van der Waals surface area contributed by atoms with Crippen LogP contribution < -0.4 is 10.2 Å². The van der Waals surface area contributed by atoms with Crippen LogP contribution in [-0.2, 0) is 16.1 Å². The molecule has 0 aromatic carbocycles. The van der Waals surface area contributed by atoms with Gasteiger partial charge in [-0.3, -0.25) is 4.79 Å². The monoisotopic (exact) mass is 334 g/mol. The van der Waals surface area contributed by atoms with Gasteiger partial charge in [-0.1, -0.05) is 0 Å². The Bertz CT molecular complexity index is 524. The third kappa shape index (κ3) is 4.62. The van der Waals surface area contributed by atoms with Gasteiger partial charge in [0.15, 0.2) is 0 Å². The molecule has 0 saturated carbocycles. The Morgan fingerprint density at radius 3 is 2.46 bits per heavy atom. The van der Waals surface area contributed by atoms with Crippen molar-refractivity contribution in [3.63, 3.8) is 0 Å². The van der Waals surface area contributed by atoms with Gasteiger partial charge in [0.1, 0.15) is 0 Å². The summed E-state index contributed by atoms with van der Waals surface area (Å²) >= 11 is 0. The van der Waals surface area contributed by atoms with Crippen LogP contribution >= 0.6 is 0 Å². The highest BCUT2D eigenvalue weighted by Gasteiger charge is 2.18. The Labute approximate surface area is 142 Å². The quantitative estimate of drug-likeness (QED) is 0.754. The number of likely N-dealkylation sites (N-methyl/N-ethyl adjacent to an activating group) is 1. The topological polar surface area (TPSA) is 73.8 Å². The van der Waals surface area contributed by atoms with Crippen molar-refractivity contribution < 1.29 is 9.53 Å². The Balaban J connectivity index is 1.41. The molecule has 1 N–H and O–H groups in total. The molecule has 2 saturated heterocycles. The van der Waals surface area contributed by atoms with Crippen molar-refractivity contribution in [1.82, 2.24) is 25.1 Å². The van der Waals surface area contributed by atoms with Crippen LogP contribution in [0.4, 0.5) is 5.95 Å². The van der Waals surface area contributed by atoms with Crippen LogP contribution in [0, 0.1) is 0 Å². The Kier molecular flexibility index (Phi) is 5.95. The molecular weight excluding hydrogens is 308 g/mol. The van der Waals surface area contributed by atoms with Crippen LogP contribution in [0.1, 0.15) is 5.56 Å². The summed E-state index contributed by atoms with van der Waals surface area (Å²) in [4.78, 5) is 27.3. The number of anilines is 1. The van der Waals surface area contributed by atoms with E-state index in [4.69, 9.17) is 4.74 Å². The van der Waals surface area contributed by atoms with Crippen LogP contribution in [0.25, 0.3) is 0 Å². The number of piperazine rings is 1. The van der Waals surface area contributed by atoms with Crippen LogP contribution in [-0.4, -0.2) is 91.7 Å². The summed E-state index contributed by atoms with van der Waals surface area (Å²) in [5, 5.41) is 3.19. The second-order valence-electron chi connectivity index (χ2n) is 6.28. The molecule has 2 fully saturated rings. The molecule has 2 aliphatic rings. The second-order valence-corrected chi connectivity index (χ2v) is 6.28. The minimum atomic E-state index is 0.161. The summed E-state index contributed by atoms with van der Waals surface area (Å²) in [6, 6.07) is 0. The van der Waals surface area contributed by atoms with Crippen molar-refractivity contribution >= 4 is 11.9 Å². The van der Waals surface area contributed by atoms with E-state index in [-0.39, 0.29) is 5.91 Å². The van der Waals surface area contributed by atoms with E-state index in [1.54, 1.807) is 0 Å². The molecule has 2 aliphatic heterocycles. The van der Waals surface area contributed by atoms with E-state index < -0.39 is 0 Å². The van der Waals surface area contributed by atoms with Crippen molar-refractivity contribution in [2.24, 2.45) is 0 Å². The number of nitrogens with one attached hydrogen (secondary N) is 1. The zero-order valence-electron chi connectivity index (χ0n) is 14.3. The van der Waals surface area contributed by atoms with Crippen molar-refractivity contribution in [2.75, 3.05) is 71.0 Å². The van der Waals surface area contributed by atoms with E-state index in [0.717, 1.165) is 64.0 Å². The number of hydrogen-bond acceptors (Lipinski definition) is 7. The zero-order chi connectivity index (χ0) is 16.8. The summed E-state index contributed by atoms with van der Waals surface area (Å²) in [5.41, 5.74) is 0.984. The zero-order valence-corrected chi connectivity index (χ0v) is 14.3. The number of aromatic nitrogens is 2. The van der Waals surface area contributed by atoms with Crippen molar-refractivity contribution in [2.45, 2.75) is 6.54 Å². The van der Waals surface area contributed by atoms with Gasteiger partial charge >= 0.3 is 0 Å². The molecule has 1 amide bonds. The lowest BCUT2D eigenvalue weighted by molar-refractivity contribution is -0.131. The molecule has 0 unspecified atom stereocenters. The Morgan fingerprint density at radius 1 is 1.12 bits per heavy atom. The lowest BCUT2D eigenvalue weighted by Gasteiger charge is -2.32. The van der Waals surface area contributed by atoms with Gasteiger partial charge in [0.05, 0.1) is 19.8 Å². The number of carbonyl (C=O) groups is 1. The largest absolute Gasteiger partial charge is 0.378 e. The number of nitrogens with zero attached hydrogens (tertiary/aromatic N) is 5. The van der Waals surface area contributed by atoms with Gasteiger partial charge in [0, 0.05) is 63.8 Å². The van der Waals surface area contributed by atoms with Gasteiger partial charge < -0.3 is 24.8 Å². The first kappa shape index (κ1) is 17.1. The van der Waals surface area contributed by atoms with E-state index >= 15 is 0 Å². The molecular formula is C16H26N6O2. The fourth-order valence-electron chi connectivity index (χ4n) is 2.85. The highest BCUT2D eigenvalue weighted by atomic mass is 16.5. The Morgan fingerprint density at radius 2 is 1.79 bits per heavy atom. The summed E-state index contributed by atoms with van der Waals surface area (Å²) in [5.74, 6) is 0.907. The molecule has 0 aliphatic carbocycles. The fraction of sp³-hybridized carbons (Fsp3) is 0.688. The van der Waals surface area contributed by atoms with Crippen LogP contribution in [0.2, 0.25) is 0 Å². The summed E-state index contributed by atoms with van der Waals surface area (Å²) in [6.07, 6.45) is 3.65. The molecule has 3 heterocycles. The standard InChI is InChI=1S/C16H26N6O2/c1-20-2-4-21(5-3-20)15(23)13-17-10-14-11-18-16(19-12-14)22-6-8-24-9-7-22/h11-12,17H,2-10,13H2,1H3. The first-order chi connectivity index (χ1) is 11.7. The van der Waals surface area contributed by atoms with Gasteiger partial charge in [-0.25, -0.2) is 9.97 Å². The third-order valence-electron chi connectivity index (χ3n) is 4.45. The van der Waals surface area contributed by atoms with Gasteiger partial charge in [0.25, 0.3) is 0 Å². The lowest BCUT2D eigenvalue weighted by atomic mass is 10.3. The molecule has 24 heavy (non-hydrogen) atoms. The number of morpholine rings is 1. The number of amides is 1. The van der Waals surface area contributed by atoms with Gasteiger partial charge in [0.2, 0.25) is 11.9 Å². The Hall–Kier alpha value is -1.77. The lowest BCUT2D eigenvalue weighted by Crippen LogP contribution is -2.49. The predicted molar refractivity (Wildman–Crippen MR) is 90.8 cm³/mol. The number of ether oxygens (including phenoxy) is 1. The second kappa shape index (κ2) is 8.36. The first-order valence-electron chi connectivity index (χ1n) is 8.53. The SMILES string of the molecule is CN1CCN(C(=O)CNCc2cnc(N3CCOCC3)nc2)CC1. The van der Waals surface area contributed by atoms with E-state index in [2.05, 4.69) is 32.1 Å². The average molecular weight is 334 g/mol. The van der Waals surface area contributed by atoms with E-state index in [0.29, 0.717) is 13.1 Å². The maximum Gasteiger partial charge on any atom is 0.236 e. The maximum atomic E-state index is 12.2. The van der Waals surface area contributed by atoms with Crippen molar-refractivity contribution in [1.29, 1.82) is 0 Å². The molecule has 0 bridgehead atoms. The minimum absolute atomic E-state index is 0.161. The predicted octanol–water partition coefficient (Wildman–Crippen LogP) is -0.823. The van der Waals surface area contributed by atoms with Crippen molar-refractivity contribution in [3.8, 4) is 0 Å². The third-order valence-corrected chi connectivity index (χ3v) is 4.45. The van der Waals surface area contributed by atoms with Crippen LogP contribution in [0.3, 0.4) is 0 Å². The van der Waals surface area contributed by atoms with E-state index in [1.807, 2.05) is 17.3 Å². The smallest absolute Gasteiger partial charge is 0.236 e. The van der Waals surface area contributed by atoms with Gasteiger partial charge in [-0.05, 0) is 7.05 Å². The van der Waals surface area contributed by atoms with E-state index in [9.17, 15) is 4.79 Å². The molecule has 8 nitrogen and oxygen atoms in total. The summed E-state index contributed by atoms with van der Waals surface area (Å²) in [6.45, 7) is 7.59. The first-order valence-corrected chi connectivity index (χ1v) is 8.53. The van der Waals surface area contributed by atoms with Crippen LogP contribution in [0.15, 0.2) is 12.4 Å². The normalized spacial score (nSPS) is 19.5. The molecule has 8 heteroatoms. The molecule has 132 valence electrons. The number of carbonyl (C=O) groups excluding carboxylic acids is 1. The molecule has 3 rings (SSSR count). The van der Waals surface area contributed by atoms with Gasteiger partial charge in [-0.15, -0.1) is 0 Å². The molecule has 0 spiro atoms. The minimum Gasteiger partial charge on any atom is -0.378 e. The molecule has 0 radical (unpaired) electrons. The molecule has 0 atom stereocenters. The highest BCUT2D eigenvalue weighted by molar-refractivity contribution is 5.78. The average Bonchev–Trinajstić information content (AvgIpc) is 2.63. The fourth-order valence-corrected chi connectivity index (χ4v) is 2.85.